The molecule has 0 spiro atoms. The highest BCUT2D eigenvalue weighted by molar-refractivity contribution is 5.79. The zero-order chi connectivity index (χ0) is 9.78. The zero-order valence-corrected chi connectivity index (χ0v) is 8.39. The highest BCUT2D eigenvalue weighted by Crippen LogP contribution is 2.21. The molecular formula is C10H18N2. The molecule has 2 nitrogen and oxygen atoms in total. The van der Waals surface area contributed by atoms with E-state index in [0.717, 1.165) is 5.57 Å². The van der Waals surface area contributed by atoms with Gasteiger partial charge < -0.3 is 5.73 Å². The monoisotopic (exact) mass is 166 g/mol. The fourth-order valence-corrected chi connectivity index (χ4v) is 0.421. The number of hydrogen-bond donors (Lipinski definition) is 1. The lowest BCUT2D eigenvalue weighted by molar-refractivity contribution is 0.528. The van der Waals surface area contributed by atoms with Crippen LogP contribution in [0.15, 0.2) is 29.0 Å². The first-order chi connectivity index (χ1) is 5.38. The van der Waals surface area contributed by atoms with Gasteiger partial charge in [0, 0.05) is 6.21 Å². The van der Waals surface area contributed by atoms with E-state index in [-0.39, 0.29) is 5.41 Å². The molecule has 12 heavy (non-hydrogen) atoms. The third-order valence-electron chi connectivity index (χ3n) is 1.63. The molecule has 0 aromatic carbocycles. The minimum Gasteiger partial charge on any atom is -0.384 e. The first-order valence-electron chi connectivity index (χ1n) is 4.03. The van der Waals surface area contributed by atoms with Crippen molar-refractivity contribution >= 4 is 6.21 Å². The molecule has 2 heteroatoms. The van der Waals surface area contributed by atoms with Crippen LogP contribution in [0.1, 0.15) is 27.7 Å². The number of nitrogens with zero attached hydrogens (tertiary/aromatic N) is 1. The van der Waals surface area contributed by atoms with Gasteiger partial charge in [0.25, 0.3) is 0 Å². The molecule has 0 bridgehead atoms. The molecule has 0 rings (SSSR count). The zero-order valence-electron chi connectivity index (χ0n) is 8.39. The predicted molar refractivity (Wildman–Crippen MR) is 55.0 cm³/mol. The Labute approximate surface area is 74.9 Å². The fraction of sp³-hybridized carbons (Fsp3) is 0.500. The van der Waals surface area contributed by atoms with E-state index < -0.39 is 0 Å². The molecule has 0 unspecified atom stereocenters. The first-order valence-corrected chi connectivity index (χ1v) is 4.03. The van der Waals surface area contributed by atoms with Crippen LogP contribution < -0.4 is 5.73 Å². The van der Waals surface area contributed by atoms with E-state index in [0.29, 0.717) is 5.82 Å². The van der Waals surface area contributed by atoms with Gasteiger partial charge in [-0.15, -0.1) is 0 Å². The van der Waals surface area contributed by atoms with Gasteiger partial charge in [-0.2, -0.15) is 0 Å². The van der Waals surface area contributed by atoms with Crippen molar-refractivity contribution in [2.45, 2.75) is 27.7 Å². The third-order valence-corrected chi connectivity index (χ3v) is 1.63. The highest BCUT2D eigenvalue weighted by atomic mass is 14.9. The van der Waals surface area contributed by atoms with Crippen LogP contribution >= 0.6 is 0 Å². The normalized spacial score (nSPS) is 13.8. The van der Waals surface area contributed by atoms with E-state index in [1.54, 1.807) is 12.3 Å². The number of hydrogen-bond acceptors (Lipinski definition) is 2. The summed E-state index contributed by atoms with van der Waals surface area (Å²) in [5.74, 6) is 0.528. The summed E-state index contributed by atoms with van der Waals surface area (Å²) < 4.78 is 0. The van der Waals surface area contributed by atoms with Gasteiger partial charge in [-0.3, -0.25) is 0 Å². The summed E-state index contributed by atoms with van der Waals surface area (Å²) >= 11 is 0. The summed E-state index contributed by atoms with van der Waals surface area (Å²) in [6, 6.07) is 0. The van der Waals surface area contributed by atoms with Crippen LogP contribution in [0, 0.1) is 5.41 Å². The Kier molecular flexibility index (Phi) is 3.74. The Morgan fingerprint density at radius 1 is 1.42 bits per heavy atom. The smallest absolute Gasteiger partial charge is 0.118 e. The highest BCUT2D eigenvalue weighted by Gasteiger charge is 2.12. The Hall–Kier alpha value is -1.05. The van der Waals surface area contributed by atoms with Crippen molar-refractivity contribution in [2.24, 2.45) is 16.1 Å². The quantitative estimate of drug-likeness (QED) is 0.629. The van der Waals surface area contributed by atoms with Gasteiger partial charge in [0.1, 0.15) is 5.82 Å². The van der Waals surface area contributed by atoms with Crippen LogP contribution in [-0.2, 0) is 0 Å². The Balaban J connectivity index is 4.29. The molecule has 2 N–H and O–H groups in total. The number of aliphatic imine (C=N–C) groups is 1. The molecule has 0 saturated carbocycles. The van der Waals surface area contributed by atoms with Crippen molar-refractivity contribution in [2.75, 3.05) is 0 Å². The van der Waals surface area contributed by atoms with Crippen molar-refractivity contribution in [3.63, 3.8) is 0 Å². The molecule has 0 saturated heterocycles. The maximum atomic E-state index is 5.49. The second kappa shape index (κ2) is 4.10. The summed E-state index contributed by atoms with van der Waals surface area (Å²) in [4.78, 5) is 4.02. The van der Waals surface area contributed by atoms with Gasteiger partial charge >= 0.3 is 0 Å². The van der Waals surface area contributed by atoms with Crippen LogP contribution in [0.2, 0.25) is 0 Å². The third kappa shape index (κ3) is 3.96. The van der Waals surface area contributed by atoms with Crippen LogP contribution in [0.5, 0.6) is 0 Å². The number of rotatable bonds is 2. The molecule has 68 valence electrons. The van der Waals surface area contributed by atoms with E-state index in [1.807, 2.05) is 6.92 Å². The molecule has 0 amide bonds. The van der Waals surface area contributed by atoms with Gasteiger partial charge in [-0.1, -0.05) is 27.4 Å². The number of nitrogens with two attached hydrogens (primary N) is 1. The molecule has 0 fully saturated rings. The van der Waals surface area contributed by atoms with Crippen LogP contribution in [-0.4, -0.2) is 6.21 Å². The number of allylic oxidation sites excluding steroid dienone is 2. The molecular weight excluding hydrogens is 148 g/mol. The lowest BCUT2D eigenvalue weighted by Gasteiger charge is -2.17. The summed E-state index contributed by atoms with van der Waals surface area (Å²) in [6.07, 6.45) is 3.47. The second-order valence-corrected chi connectivity index (χ2v) is 3.75. The lowest BCUT2D eigenvalue weighted by atomic mass is 9.88. The Bertz CT molecular complexity index is 216. The van der Waals surface area contributed by atoms with Gasteiger partial charge in [-0.25, -0.2) is 4.99 Å². The minimum atomic E-state index is 0.0670. The van der Waals surface area contributed by atoms with E-state index in [4.69, 9.17) is 5.73 Å². The topological polar surface area (TPSA) is 38.4 Å². The van der Waals surface area contributed by atoms with Crippen molar-refractivity contribution < 1.29 is 0 Å². The van der Waals surface area contributed by atoms with E-state index in [9.17, 15) is 0 Å². The molecule has 0 aliphatic heterocycles. The largest absolute Gasteiger partial charge is 0.384 e. The second-order valence-electron chi connectivity index (χ2n) is 3.75. The van der Waals surface area contributed by atoms with Gasteiger partial charge in [0.05, 0.1) is 0 Å². The molecule has 0 aromatic heterocycles. The summed E-state index contributed by atoms with van der Waals surface area (Å²) in [6.45, 7) is 12.0. The SMILES string of the molecule is C=C(C=N/C(N)=C\C)C(C)(C)C. The summed E-state index contributed by atoms with van der Waals surface area (Å²) in [5.41, 5.74) is 6.53. The average Bonchev–Trinajstić information content (AvgIpc) is 1.97. The van der Waals surface area contributed by atoms with E-state index in [2.05, 4.69) is 32.3 Å². The van der Waals surface area contributed by atoms with Crippen molar-refractivity contribution in [3.8, 4) is 0 Å². The summed E-state index contributed by atoms with van der Waals surface area (Å²) in [7, 11) is 0. The van der Waals surface area contributed by atoms with Crippen LogP contribution in [0.4, 0.5) is 0 Å². The Morgan fingerprint density at radius 3 is 2.25 bits per heavy atom. The van der Waals surface area contributed by atoms with Gasteiger partial charge in [0.2, 0.25) is 0 Å². The molecule has 0 aliphatic rings. The van der Waals surface area contributed by atoms with Gasteiger partial charge in [-0.05, 0) is 24.0 Å². The van der Waals surface area contributed by atoms with Crippen LogP contribution in [0.3, 0.4) is 0 Å². The fourth-order valence-electron chi connectivity index (χ4n) is 0.421. The van der Waals surface area contributed by atoms with E-state index >= 15 is 0 Å². The molecule has 0 heterocycles. The first kappa shape index (κ1) is 11.0. The van der Waals surface area contributed by atoms with Crippen LogP contribution in [0.25, 0.3) is 0 Å². The standard InChI is InChI=1S/C10H18N2/c1-6-9(11)12-7-8(2)10(3,4)5/h6-7H,2,11H2,1,3-5H3/b9-6-,12-7?. The lowest BCUT2D eigenvalue weighted by Crippen LogP contribution is -2.09. The Morgan fingerprint density at radius 2 is 1.92 bits per heavy atom. The minimum absolute atomic E-state index is 0.0670. The van der Waals surface area contributed by atoms with E-state index in [1.165, 1.54) is 0 Å². The average molecular weight is 166 g/mol. The maximum absolute atomic E-state index is 5.49. The molecule has 0 aromatic rings. The molecule has 0 aliphatic carbocycles. The molecule has 0 atom stereocenters. The van der Waals surface area contributed by atoms with Crippen molar-refractivity contribution in [1.82, 2.24) is 0 Å². The summed E-state index contributed by atoms with van der Waals surface area (Å²) in [5, 5.41) is 0. The van der Waals surface area contributed by atoms with Crippen molar-refractivity contribution in [3.05, 3.63) is 24.0 Å². The molecule has 0 radical (unpaired) electrons. The maximum Gasteiger partial charge on any atom is 0.118 e. The van der Waals surface area contributed by atoms with Gasteiger partial charge in [0.15, 0.2) is 0 Å². The van der Waals surface area contributed by atoms with Crippen molar-refractivity contribution in [1.29, 1.82) is 0 Å². The predicted octanol–water partition coefficient (Wildman–Crippen LogP) is 2.48.